The molecule has 1 aliphatic heterocycles. The number of carbonyl (C=O) groups is 1. The van der Waals surface area contributed by atoms with Gasteiger partial charge in [0.25, 0.3) is 5.91 Å². The fourth-order valence-electron chi connectivity index (χ4n) is 2.38. The van der Waals surface area contributed by atoms with E-state index >= 15 is 0 Å². The minimum absolute atomic E-state index is 0.203. The van der Waals surface area contributed by atoms with E-state index in [0.717, 1.165) is 17.0 Å². The minimum Gasteiger partial charge on any atom is -0.388 e. The van der Waals surface area contributed by atoms with Gasteiger partial charge in [-0.3, -0.25) is 4.79 Å². The highest BCUT2D eigenvalue weighted by Crippen LogP contribution is 2.24. The molecule has 21 heavy (non-hydrogen) atoms. The lowest BCUT2D eigenvalue weighted by atomic mass is 10.1. The summed E-state index contributed by atoms with van der Waals surface area (Å²) in [4.78, 5) is 14.2. The molecule has 0 saturated carbocycles. The Balaban J connectivity index is 2.33. The van der Waals surface area contributed by atoms with Gasteiger partial charge >= 0.3 is 0 Å². The van der Waals surface area contributed by atoms with Crippen LogP contribution in [0.1, 0.15) is 15.9 Å². The van der Waals surface area contributed by atoms with Crippen LogP contribution in [0, 0.1) is 6.92 Å². The summed E-state index contributed by atoms with van der Waals surface area (Å²) >= 11 is 1.57. The van der Waals surface area contributed by atoms with Gasteiger partial charge in [0.2, 0.25) is 0 Å². The van der Waals surface area contributed by atoms with Gasteiger partial charge in [-0.05, 0) is 30.7 Å². The van der Waals surface area contributed by atoms with Crippen molar-refractivity contribution in [1.29, 1.82) is 0 Å². The zero-order chi connectivity index (χ0) is 15.6. The first kappa shape index (κ1) is 16.2. The summed E-state index contributed by atoms with van der Waals surface area (Å²) in [7, 11) is -1.46. The Morgan fingerprint density at radius 2 is 2.14 bits per heavy atom. The average Bonchev–Trinajstić information content (AvgIpc) is 2.45. The Morgan fingerprint density at radius 3 is 2.71 bits per heavy atom. The summed E-state index contributed by atoms with van der Waals surface area (Å²) in [6, 6.07) is 5.47. The van der Waals surface area contributed by atoms with Crippen molar-refractivity contribution in [2.45, 2.75) is 12.3 Å². The molecule has 1 saturated heterocycles. The molecule has 1 fully saturated rings. The summed E-state index contributed by atoms with van der Waals surface area (Å²) in [5.41, 5.74) is 2.34. The van der Waals surface area contributed by atoms with Crippen LogP contribution in [0.5, 0.6) is 0 Å². The first-order chi connectivity index (χ1) is 9.84. The Kier molecular flexibility index (Phi) is 4.83. The standard InChI is InChI=1S/C14H20N2O3S2/c1-10-8-11(15-2)4-5-12(10)14(17)16-6-7-20-9-13(16)21(3,18)19/h4-5,8,13,15H,6-7,9H2,1-3H3. The lowest BCUT2D eigenvalue weighted by Crippen LogP contribution is -2.50. The van der Waals surface area contributed by atoms with Crippen LogP contribution in [-0.4, -0.2) is 56.0 Å². The maximum absolute atomic E-state index is 12.7. The predicted octanol–water partition coefficient (Wildman–Crippen LogP) is 1.60. The Morgan fingerprint density at radius 1 is 1.43 bits per heavy atom. The van der Waals surface area contributed by atoms with Crippen molar-refractivity contribution in [2.24, 2.45) is 0 Å². The lowest BCUT2D eigenvalue weighted by molar-refractivity contribution is 0.0749. The maximum Gasteiger partial charge on any atom is 0.255 e. The van der Waals surface area contributed by atoms with Gasteiger partial charge in [0.1, 0.15) is 5.37 Å². The van der Waals surface area contributed by atoms with E-state index in [9.17, 15) is 13.2 Å². The van der Waals surface area contributed by atoms with E-state index in [4.69, 9.17) is 0 Å². The van der Waals surface area contributed by atoms with Crippen molar-refractivity contribution < 1.29 is 13.2 Å². The molecule has 1 heterocycles. The van der Waals surface area contributed by atoms with Crippen molar-refractivity contribution in [3.05, 3.63) is 29.3 Å². The number of thioether (sulfide) groups is 1. The SMILES string of the molecule is CNc1ccc(C(=O)N2CCSCC2S(C)(=O)=O)c(C)c1. The van der Waals surface area contributed by atoms with E-state index < -0.39 is 15.2 Å². The summed E-state index contributed by atoms with van der Waals surface area (Å²) in [5.74, 6) is 1.01. The van der Waals surface area contributed by atoms with E-state index in [2.05, 4.69) is 5.32 Å². The summed E-state index contributed by atoms with van der Waals surface area (Å²) in [5, 5.41) is 2.29. The largest absolute Gasteiger partial charge is 0.388 e. The molecule has 1 amide bonds. The van der Waals surface area contributed by atoms with E-state index in [1.807, 2.05) is 26.1 Å². The van der Waals surface area contributed by atoms with Gasteiger partial charge in [-0.2, -0.15) is 11.8 Å². The Bertz CT molecular complexity index is 644. The van der Waals surface area contributed by atoms with Crippen molar-refractivity contribution in [3.63, 3.8) is 0 Å². The number of sulfone groups is 1. The van der Waals surface area contributed by atoms with Gasteiger partial charge in [0, 0.05) is 42.6 Å². The number of aryl methyl sites for hydroxylation is 1. The van der Waals surface area contributed by atoms with Crippen LogP contribution in [0.4, 0.5) is 5.69 Å². The molecular weight excluding hydrogens is 308 g/mol. The topological polar surface area (TPSA) is 66.5 Å². The smallest absolute Gasteiger partial charge is 0.255 e. The third-order valence-electron chi connectivity index (χ3n) is 3.59. The zero-order valence-corrected chi connectivity index (χ0v) is 14.1. The monoisotopic (exact) mass is 328 g/mol. The molecule has 0 aliphatic carbocycles. The fraction of sp³-hybridized carbons (Fsp3) is 0.500. The number of hydrogen-bond acceptors (Lipinski definition) is 5. The summed E-state index contributed by atoms with van der Waals surface area (Å²) < 4.78 is 23.8. The normalized spacial score (nSPS) is 19.4. The van der Waals surface area contributed by atoms with Crippen LogP contribution < -0.4 is 5.32 Å². The fourth-order valence-corrected chi connectivity index (χ4v) is 5.20. The quantitative estimate of drug-likeness (QED) is 0.913. The van der Waals surface area contributed by atoms with Crippen molar-refractivity contribution in [2.75, 3.05) is 36.7 Å². The zero-order valence-electron chi connectivity index (χ0n) is 12.4. The van der Waals surface area contributed by atoms with Gasteiger partial charge in [0.15, 0.2) is 9.84 Å². The molecule has 0 bridgehead atoms. The number of nitrogens with one attached hydrogen (secondary N) is 1. The predicted molar refractivity (Wildman–Crippen MR) is 87.7 cm³/mol. The molecular formula is C14H20N2O3S2. The number of nitrogens with zero attached hydrogens (tertiary/aromatic N) is 1. The third-order valence-corrected chi connectivity index (χ3v) is 6.23. The van der Waals surface area contributed by atoms with Gasteiger partial charge in [-0.15, -0.1) is 0 Å². The highest BCUT2D eigenvalue weighted by Gasteiger charge is 2.34. The maximum atomic E-state index is 12.7. The number of benzene rings is 1. The number of carbonyl (C=O) groups excluding carboxylic acids is 1. The van der Waals surface area contributed by atoms with E-state index in [-0.39, 0.29) is 5.91 Å². The van der Waals surface area contributed by atoms with Gasteiger partial charge in [0.05, 0.1) is 0 Å². The molecule has 2 rings (SSSR count). The Hall–Kier alpha value is -1.21. The molecule has 1 atom stereocenters. The van der Waals surface area contributed by atoms with Crippen LogP contribution in [0.15, 0.2) is 18.2 Å². The molecule has 1 unspecified atom stereocenters. The van der Waals surface area contributed by atoms with Crippen LogP contribution in [0.25, 0.3) is 0 Å². The molecule has 0 aromatic heterocycles. The molecule has 5 nitrogen and oxygen atoms in total. The second kappa shape index (κ2) is 6.27. The highest BCUT2D eigenvalue weighted by molar-refractivity contribution is 8.00. The van der Waals surface area contributed by atoms with E-state index in [1.165, 1.54) is 11.2 Å². The highest BCUT2D eigenvalue weighted by atomic mass is 32.2. The Labute approximate surface area is 130 Å². The van der Waals surface area contributed by atoms with Gasteiger partial charge in [-0.1, -0.05) is 0 Å². The minimum atomic E-state index is -3.28. The van der Waals surface area contributed by atoms with Crippen LogP contribution in [0.2, 0.25) is 0 Å². The van der Waals surface area contributed by atoms with Crippen LogP contribution >= 0.6 is 11.8 Å². The number of anilines is 1. The van der Waals surface area contributed by atoms with Crippen LogP contribution in [-0.2, 0) is 9.84 Å². The molecule has 116 valence electrons. The second-order valence-corrected chi connectivity index (χ2v) is 8.49. The molecule has 7 heteroatoms. The van der Waals surface area contributed by atoms with Gasteiger partial charge < -0.3 is 10.2 Å². The average molecular weight is 328 g/mol. The molecule has 1 N–H and O–H groups in total. The number of amides is 1. The van der Waals surface area contributed by atoms with E-state index in [1.54, 1.807) is 17.8 Å². The summed E-state index contributed by atoms with van der Waals surface area (Å²) in [6.07, 6.45) is 1.20. The molecule has 0 spiro atoms. The summed E-state index contributed by atoms with van der Waals surface area (Å²) in [6.45, 7) is 2.33. The van der Waals surface area contributed by atoms with Crippen molar-refractivity contribution in [1.82, 2.24) is 4.90 Å². The van der Waals surface area contributed by atoms with E-state index in [0.29, 0.717) is 17.9 Å². The first-order valence-corrected chi connectivity index (χ1v) is 9.81. The molecule has 0 radical (unpaired) electrons. The first-order valence-electron chi connectivity index (χ1n) is 6.70. The van der Waals surface area contributed by atoms with Gasteiger partial charge in [-0.25, -0.2) is 8.42 Å². The molecule has 1 aromatic rings. The molecule has 1 aliphatic rings. The van der Waals surface area contributed by atoms with Crippen LogP contribution in [0.3, 0.4) is 0 Å². The second-order valence-electron chi connectivity index (χ2n) is 5.14. The molecule has 1 aromatic carbocycles. The third kappa shape index (κ3) is 3.52. The number of hydrogen-bond donors (Lipinski definition) is 1. The number of rotatable bonds is 3. The lowest BCUT2D eigenvalue weighted by Gasteiger charge is -2.34. The van der Waals surface area contributed by atoms with Crippen molar-refractivity contribution in [3.8, 4) is 0 Å². The van der Waals surface area contributed by atoms with Crippen molar-refractivity contribution >= 4 is 33.2 Å².